The van der Waals surface area contributed by atoms with E-state index in [2.05, 4.69) is 0 Å². The third kappa shape index (κ3) is 1.43. The van der Waals surface area contributed by atoms with Gasteiger partial charge in [-0.1, -0.05) is 6.92 Å². The topological polar surface area (TPSA) is 40.5 Å². The first kappa shape index (κ1) is 7.03. The van der Waals surface area contributed by atoms with Gasteiger partial charge in [0.25, 0.3) is 0 Å². The van der Waals surface area contributed by atoms with E-state index in [-0.39, 0.29) is 12.7 Å². The number of hydrogen-bond acceptors (Lipinski definition) is 2. The molecule has 0 aromatic carbocycles. The number of hydrogen-bond donors (Lipinski definition) is 2. The molecule has 3 atom stereocenters. The van der Waals surface area contributed by atoms with Gasteiger partial charge in [-0.05, 0) is 24.7 Å². The van der Waals surface area contributed by atoms with Crippen LogP contribution in [0, 0.1) is 11.8 Å². The molecule has 9 heavy (non-hydrogen) atoms. The Morgan fingerprint density at radius 3 is 2.33 bits per heavy atom. The first-order chi connectivity index (χ1) is 4.24. The van der Waals surface area contributed by atoms with Crippen molar-refractivity contribution >= 4 is 0 Å². The Balaban J connectivity index is 2.35. The minimum atomic E-state index is -0.165. The van der Waals surface area contributed by atoms with E-state index in [9.17, 15) is 5.11 Å². The standard InChI is InChI=1S/C7H14O2/c1-5-2-6(4-8)3-7(5)9/h5-9H,2-4H2,1H3/t5-,6-,7?/m1/s1. The van der Waals surface area contributed by atoms with Crippen molar-refractivity contribution in [2.45, 2.75) is 25.9 Å². The maximum Gasteiger partial charge on any atom is 0.0569 e. The highest BCUT2D eigenvalue weighted by atomic mass is 16.3. The molecule has 1 rings (SSSR count). The lowest BCUT2D eigenvalue weighted by atomic mass is 10.1. The van der Waals surface area contributed by atoms with Crippen LogP contribution in [-0.4, -0.2) is 22.9 Å². The predicted octanol–water partition coefficient (Wildman–Crippen LogP) is 0.386. The summed E-state index contributed by atoms with van der Waals surface area (Å²) in [6.07, 6.45) is 1.61. The molecular weight excluding hydrogens is 116 g/mol. The van der Waals surface area contributed by atoms with Gasteiger partial charge >= 0.3 is 0 Å². The van der Waals surface area contributed by atoms with Crippen molar-refractivity contribution in [3.05, 3.63) is 0 Å². The number of rotatable bonds is 1. The zero-order chi connectivity index (χ0) is 6.85. The smallest absolute Gasteiger partial charge is 0.0569 e. The summed E-state index contributed by atoms with van der Waals surface area (Å²) in [4.78, 5) is 0. The largest absolute Gasteiger partial charge is 0.396 e. The molecule has 1 aliphatic rings. The number of aliphatic hydroxyl groups is 2. The molecule has 1 aliphatic carbocycles. The summed E-state index contributed by atoms with van der Waals surface area (Å²) in [5.74, 6) is 0.747. The van der Waals surface area contributed by atoms with Crippen LogP contribution in [0.4, 0.5) is 0 Å². The lowest BCUT2D eigenvalue weighted by Crippen LogP contribution is -2.08. The molecule has 0 amide bonds. The average molecular weight is 130 g/mol. The van der Waals surface area contributed by atoms with Crippen molar-refractivity contribution < 1.29 is 10.2 Å². The summed E-state index contributed by atoms with van der Waals surface area (Å²) >= 11 is 0. The maximum atomic E-state index is 9.19. The fourth-order valence-corrected chi connectivity index (χ4v) is 1.50. The van der Waals surface area contributed by atoms with Gasteiger partial charge in [-0.15, -0.1) is 0 Å². The van der Waals surface area contributed by atoms with E-state index < -0.39 is 0 Å². The molecule has 1 saturated carbocycles. The van der Waals surface area contributed by atoms with Crippen LogP contribution in [0.3, 0.4) is 0 Å². The first-order valence-corrected chi connectivity index (χ1v) is 3.53. The summed E-state index contributed by atoms with van der Waals surface area (Å²) < 4.78 is 0. The molecule has 0 radical (unpaired) electrons. The van der Waals surface area contributed by atoms with E-state index in [0.717, 1.165) is 12.8 Å². The Hall–Kier alpha value is -0.0800. The van der Waals surface area contributed by atoms with Gasteiger partial charge in [0.15, 0.2) is 0 Å². The van der Waals surface area contributed by atoms with Crippen LogP contribution in [0.2, 0.25) is 0 Å². The Morgan fingerprint density at radius 2 is 2.11 bits per heavy atom. The number of aliphatic hydroxyl groups excluding tert-OH is 2. The summed E-state index contributed by atoms with van der Waals surface area (Å²) in [5.41, 5.74) is 0. The second-order valence-corrected chi connectivity index (χ2v) is 3.06. The van der Waals surface area contributed by atoms with Gasteiger partial charge in [0.2, 0.25) is 0 Å². The summed E-state index contributed by atoms with van der Waals surface area (Å²) in [7, 11) is 0. The van der Waals surface area contributed by atoms with Crippen molar-refractivity contribution in [1.29, 1.82) is 0 Å². The summed E-state index contributed by atoms with van der Waals surface area (Å²) in [6.45, 7) is 2.27. The van der Waals surface area contributed by atoms with Gasteiger partial charge in [-0.3, -0.25) is 0 Å². The lowest BCUT2D eigenvalue weighted by Gasteiger charge is -2.04. The highest BCUT2D eigenvalue weighted by molar-refractivity contribution is 4.79. The van der Waals surface area contributed by atoms with Gasteiger partial charge in [0.05, 0.1) is 6.10 Å². The minimum Gasteiger partial charge on any atom is -0.396 e. The van der Waals surface area contributed by atoms with Crippen LogP contribution in [-0.2, 0) is 0 Å². The maximum absolute atomic E-state index is 9.19. The van der Waals surface area contributed by atoms with Crippen molar-refractivity contribution in [3.63, 3.8) is 0 Å². The average Bonchev–Trinajstić information content (AvgIpc) is 2.13. The van der Waals surface area contributed by atoms with Crippen LogP contribution < -0.4 is 0 Å². The molecule has 0 aliphatic heterocycles. The van der Waals surface area contributed by atoms with Crippen molar-refractivity contribution in [2.75, 3.05) is 6.61 Å². The molecule has 2 heteroatoms. The quantitative estimate of drug-likeness (QED) is 0.539. The Labute approximate surface area is 55.5 Å². The first-order valence-electron chi connectivity index (χ1n) is 3.53. The van der Waals surface area contributed by atoms with Crippen LogP contribution in [0.1, 0.15) is 19.8 Å². The van der Waals surface area contributed by atoms with Crippen LogP contribution in [0.15, 0.2) is 0 Å². The van der Waals surface area contributed by atoms with Gasteiger partial charge < -0.3 is 10.2 Å². The van der Waals surface area contributed by atoms with Crippen LogP contribution in [0.5, 0.6) is 0 Å². The fraction of sp³-hybridized carbons (Fsp3) is 1.00. The zero-order valence-corrected chi connectivity index (χ0v) is 5.75. The fourth-order valence-electron chi connectivity index (χ4n) is 1.50. The SMILES string of the molecule is C[C@@H]1C[C@@H](CO)CC1O. The lowest BCUT2D eigenvalue weighted by molar-refractivity contribution is 0.135. The monoisotopic (exact) mass is 130 g/mol. The molecule has 2 N–H and O–H groups in total. The van der Waals surface area contributed by atoms with Crippen LogP contribution in [0.25, 0.3) is 0 Å². The predicted molar refractivity (Wildman–Crippen MR) is 35.0 cm³/mol. The molecule has 54 valence electrons. The highest BCUT2D eigenvalue weighted by Crippen LogP contribution is 2.29. The van der Waals surface area contributed by atoms with E-state index in [1.807, 2.05) is 6.92 Å². The van der Waals surface area contributed by atoms with Crippen molar-refractivity contribution in [2.24, 2.45) is 11.8 Å². The normalized spacial score (nSPS) is 43.7. The third-order valence-corrected chi connectivity index (χ3v) is 2.19. The molecule has 1 fully saturated rings. The Morgan fingerprint density at radius 1 is 1.44 bits per heavy atom. The highest BCUT2D eigenvalue weighted by Gasteiger charge is 2.28. The molecule has 0 bridgehead atoms. The van der Waals surface area contributed by atoms with E-state index >= 15 is 0 Å². The molecular formula is C7H14O2. The van der Waals surface area contributed by atoms with E-state index in [4.69, 9.17) is 5.11 Å². The van der Waals surface area contributed by atoms with E-state index in [1.165, 1.54) is 0 Å². The van der Waals surface area contributed by atoms with Crippen molar-refractivity contribution in [1.82, 2.24) is 0 Å². The molecule has 0 spiro atoms. The Kier molecular flexibility index (Phi) is 2.09. The molecule has 0 saturated heterocycles. The summed E-state index contributed by atoms with van der Waals surface area (Å²) in [5, 5.41) is 17.9. The second kappa shape index (κ2) is 2.67. The molecule has 0 heterocycles. The van der Waals surface area contributed by atoms with Gasteiger partial charge in [-0.25, -0.2) is 0 Å². The molecule has 2 nitrogen and oxygen atoms in total. The van der Waals surface area contributed by atoms with Crippen molar-refractivity contribution in [3.8, 4) is 0 Å². The van der Waals surface area contributed by atoms with Gasteiger partial charge in [0, 0.05) is 6.61 Å². The van der Waals surface area contributed by atoms with Gasteiger partial charge in [-0.2, -0.15) is 0 Å². The van der Waals surface area contributed by atoms with E-state index in [1.54, 1.807) is 0 Å². The molecule has 1 unspecified atom stereocenters. The molecule has 0 aromatic rings. The summed E-state index contributed by atoms with van der Waals surface area (Å²) in [6, 6.07) is 0. The van der Waals surface area contributed by atoms with Gasteiger partial charge in [0.1, 0.15) is 0 Å². The third-order valence-electron chi connectivity index (χ3n) is 2.19. The Bertz CT molecular complexity index is 82.9. The zero-order valence-electron chi connectivity index (χ0n) is 5.75. The molecule has 0 aromatic heterocycles. The second-order valence-electron chi connectivity index (χ2n) is 3.06. The van der Waals surface area contributed by atoms with Crippen LogP contribution >= 0.6 is 0 Å². The minimum absolute atomic E-state index is 0.165. The van der Waals surface area contributed by atoms with E-state index in [0.29, 0.717) is 11.8 Å².